The molecule has 0 N–H and O–H groups in total. The highest BCUT2D eigenvalue weighted by molar-refractivity contribution is 5.81. The topological polar surface area (TPSA) is 62.7 Å². The van der Waals surface area contributed by atoms with Gasteiger partial charge in [-0.15, -0.1) is 0 Å². The Labute approximate surface area is 155 Å². The maximum atomic E-state index is 12.8. The van der Waals surface area contributed by atoms with E-state index in [1.165, 1.54) is 19.3 Å². The van der Waals surface area contributed by atoms with Gasteiger partial charge in [0.05, 0.1) is 25.7 Å². The maximum Gasteiger partial charge on any atom is 0.227 e. The summed E-state index contributed by atoms with van der Waals surface area (Å²) in [4.78, 5) is 33.4. The van der Waals surface area contributed by atoms with E-state index < -0.39 is 0 Å². The molecule has 0 saturated carbocycles. The Morgan fingerprint density at radius 3 is 2.58 bits per heavy atom. The second-order valence-electron chi connectivity index (χ2n) is 7.21. The van der Waals surface area contributed by atoms with Crippen molar-refractivity contribution in [3.8, 4) is 0 Å². The predicted octanol–water partition coefficient (Wildman–Crippen LogP) is 2.03. The first kappa shape index (κ1) is 18.8. The lowest BCUT2D eigenvalue weighted by atomic mass is 10.1. The number of carbonyl (C=O) groups is 2. The summed E-state index contributed by atoms with van der Waals surface area (Å²) >= 11 is 0. The van der Waals surface area contributed by atoms with Crippen LogP contribution in [0.1, 0.15) is 44.1 Å². The van der Waals surface area contributed by atoms with E-state index in [1.54, 1.807) is 12.4 Å². The molecule has 2 aliphatic heterocycles. The van der Waals surface area contributed by atoms with Crippen molar-refractivity contribution in [3.05, 3.63) is 30.1 Å². The van der Waals surface area contributed by atoms with Crippen LogP contribution in [0.15, 0.2) is 24.5 Å². The van der Waals surface area contributed by atoms with Crippen molar-refractivity contribution in [3.63, 3.8) is 0 Å². The number of carbonyl (C=O) groups excluding carboxylic acids is 2. The molecule has 3 heterocycles. The standard InChI is InChI=1S/C20H29N3O3/c24-19(22-9-4-2-1-3-5-10-22)14-18-16-26-12-11-23(18)20(25)13-17-7-6-8-21-15-17/h6-8,15,18H,1-5,9-14,16H2/t18-/m1/s1. The Morgan fingerprint density at radius 1 is 1.08 bits per heavy atom. The number of likely N-dealkylation sites (tertiary alicyclic amines) is 1. The molecule has 3 rings (SSSR count). The van der Waals surface area contributed by atoms with Gasteiger partial charge < -0.3 is 14.5 Å². The van der Waals surface area contributed by atoms with Crippen LogP contribution in [0.25, 0.3) is 0 Å². The van der Waals surface area contributed by atoms with Crippen molar-refractivity contribution in [1.82, 2.24) is 14.8 Å². The molecule has 1 aromatic rings. The van der Waals surface area contributed by atoms with Crippen molar-refractivity contribution in [2.24, 2.45) is 0 Å². The lowest BCUT2D eigenvalue weighted by molar-refractivity contribution is -0.143. The van der Waals surface area contributed by atoms with Gasteiger partial charge in [-0.05, 0) is 24.5 Å². The van der Waals surface area contributed by atoms with Gasteiger partial charge in [0.25, 0.3) is 0 Å². The zero-order chi connectivity index (χ0) is 18.2. The molecule has 2 aliphatic rings. The Kier molecular flexibility index (Phi) is 7.00. The molecule has 1 atom stereocenters. The monoisotopic (exact) mass is 359 g/mol. The number of aromatic nitrogens is 1. The summed E-state index contributed by atoms with van der Waals surface area (Å²) in [5.41, 5.74) is 0.901. The van der Waals surface area contributed by atoms with Crippen LogP contribution in [0, 0.1) is 0 Å². The van der Waals surface area contributed by atoms with E-state index >= 15 is 0 Å². The first-order valence-electron chi connectivity index (χ1n) is 9.78. The van der Waals surface area contributed by atoms with Gasteiger partial charge >= 0.3 is 0 Å². The zero-order valence-corrected chi connectivity index (χ0v) is 15.4. The highest BCUT2D eigenvalue weighted by atomic mass is 16.5. The molecule has 1 aromatic heterocycles. The van der Waals surface area contributed by atoms with Crippen LogP contribution in [0.4, 0.5) is 0 Å². The summed E-state index contributed by atoms with van der Waals surface area (Å²) < 4.78 is 5.57. The summed E-state index contributed by atoms with van der Waals surface area (Å²) in [5.74, 6) is 0.202. The molecule has 0 aliphatic carbocycles. The zero-order valence-electron chi connectivity index (χ0n) is 15.4. The second-order valence-corrected chi connectivity index (χ2v) is 7.21. The van der Waals surface area contributed by atoms with Crippen molar-refractivity contribution in [2.75, 3.05) is 32.8 Å². The molecular weight excluding hydrogens is 330 g/mol. The molecule has 6 heteroatoms. The van der Waals surface area contributed by atoms with Crippen LogP contribution in [0.3, 0.4) is 0 Å². The summed E-state index contributed by atoms with van der Waals surface area (Å²) in [7, 11) is 0. The van der Waals surface area contributed by atoms with E-state index in [2.05, 4.69) is 4.98 Å². The van der Waals surface area contributed by atoms with Gasteiger partial charge in [0.2, 0.25) is 11.8 Å². The van der Waals surface area contributed by atoms with Crippen LogP contribution in [0.2, 0.25) is 0 Å². The molecule has 0 aromatic carbocycles. The third kappa shape index (κ3) is 5.27. The van der Waals surface area contributed by atoms with Gasteiger partial charge in [-0.2, -0.15) is 0 Å². The number of ether oxygens (including phenoxy) is 1. The van der Waals surface area contributed by atoms with E-state index in [1.807, 2.05) is 21.9 Å². The van der Waals surface area contributed by atoms with Gasteiger partial charge in [0, 0.05) is 38.4 Å². The fourth-order valence-corrected chi connectivity index (χ4v) is 3.76. The van der Waals surface area contributed by atoms with Crippen molar-refractivity contribution in [1.29, 1.82) is 0 Å². The molecule has 0 bridgehead atoms. The normalized spacial score (nSPS) is 21.8. The quantitative estimate of drug-likeness (QED) is 0.825. The van der Waals surface area contributed by atoms with E-state index in [-0.39, 0.29) is 17.9 Å². The third-order valence-corrected chi connectivity index (χ3v) is 5.25. The number of amides is 2. The molecule has 6 nitrogen and oxygen atoms in total. The maximum absolute atomic E-state index is 12.8. The fraction of sp³-hybridized carbons (Fsp3) is 0.650. The van der Waals surface area contributed by atoms with E-state index in [9.17, 15) is 9.59 Å². The second kappa shape index (κ2) is 9.67. The van der Waals surface area contributed by atoms with E-state index in [4.69, 9.17) is 4.74 Å². The Hall–Kier alpha value is -1.95. The Bertz CT molecular complexity index is 585. The average molecular weight is 359 g/mol. The molecule has 2 amide bonds. The Morgan fingerprint density at radius 2 is 1.85 bits per heavy atom. The smallest absolute Gasteiger partial charge is 0.227 e. The number of rotatable bonds is 4. The molecule has 142 valence electrons. The minimum atomic E-state index is -0.161. The first-order chi connectivity index (χ1) is 12.7. The number of nitrogens with zero attached hydrogens (tertiary/aromatic N) is 3. The Balaban J connectivity index is 1.59. The van der Waals surface area contributed by atoms with Crippen molar-refractivity contribution in [2.45, 2.75) is 51.0 Å². The SMILES string of the molecule is O=C(C[C@@H]1COCCN1C(=O)Cc1cccnc1)N1CCCCCCC1. The summed E-state index contributed by atoms with van der Waals surface area (Å²) in [5, 5.41) is 0. The molecule has 2 saturated heterocycles. The molecule has 2 fully saturated rings. The van der Waals surface area contributed by atoms with Gasteiger partial charge in [0.1, 0.15) is 0 Å². The van der Waals surface area contributed by atoms with Crippen LogP contribution in [0.5, 0.6) is 0 Å². The van der Waals surface area contributed by atoms with Gasteiger partial charge in [0.15, 0.2) is 0 Å². The van der Waals surface area contributed by atoms with Crippen LogP contribution in [-0.4, -0.2) is 65.5 Å². The highest BCUT2D eigenvalue weighted by Crippen LogP contribution is 2.17. The van der Waals surface area contributed by atoms with E-state index in [0.717, 1.165) is 31.5 Å². The largest absolute Gasteiger partial charge is 0.377 e. The van der Waals surface area contributed by atoms with Crippen LogP contribution >= 0.6 is 0 Å². The first-order valence-corrected chi connectivity index (χ1v) is 9.78. The molecule has 0 spiro atoms. The summed E-state index contributed by atoms with van der Waals surface area (Å²) in [6.45, 7) is 3.22. The summed E-state index contributed by atoms with van der Waals surface area (Å²) in [6, 6.07) is 3.59. The highest BCUT2D eigenvalue weighted by Gasteiger charge is 2.30. The number of hydrogen-bond donors (Lipinski definition) is 0. The number of pyridine rings is 1. The predicted molar refractivity (Wildman–Crippen MR) is 98.5 cm³/mol. The fourth-order valence-electron chi connectivity index (χ4n) is 3.76. The molecule has 26 heavy (non-hydrogen) atoms. The van der Waals surface area contributed by atoms with Crippen LogP contribution < -0.4 is 0 Å². The minimum absolute atomic E-state index is 0.0479. The molecular formula is C20H29N3O3. The van der Waals surface area contributed by atoms with Gasteiger partial charge in [-0.1, -0.05) is 25.3 Å². The number of hydrogen-bond acceptors (Lipinski definition) is 4. The van der Waals surface area contributed by atoms with Crippen molar-refractivity contribution >= 4 is 11.8 Å². The summed E-state index contributed by atoms with van der Waals surface area (Å²) in [6.07, 6.45) is 9.94. The van der Waals surface area contributed by atoms with Gasteiger partial charge in [-0.3, -0.25) is 14.6 Å². The minimum Gasteiger partial charge on any atom is -0.377 e. The third-order valence-electron chi connectivity index (χ3n) is 5.25. The average Bonchev–Trinajstić information content (AvgIpc) is 2.62. The molecule has 0 unspecified atom stereocenters. The number of morpholine rings is 1. The van der Waals surface area contributed by atoms with Crippen LogP contribution in [-0.2, 0) is 20.7 Å². The molecule has 0 radical (unpaired) electrons. The van der Waals surface area contributed by atoms with E-state index in [0.29, 0.717) is 32.6 Å². The lowest BCUT2D eigenvalue weighted by Gasteiger charge is -2.36. The lowest BCUT2D eigenvalue weighted by Crippen LogP contribution is -2.51. The van der Waals surface area contributed by atoms with Gasteiger partial charge in [-0.25, -0.2) is 0 Å². The van der Waals surface area contributed by atoms with Crippen molar-refractivity contribution < 1.29 is 14.3 Å².